The number of nitrogens with zero attached hydrogens (tertiary/aromatic N) is 1. The molecule has 0 fully saturated rings. The van der Waals surface area contributed by atoms with E-state index in [1.165, 1.54) is 12.1 Å². The van der Waals surface area contributed by atoms with Gasteiger partial charge in [-0.15, -0.1) is 0 Å². The molecule has 2 aromatic rings. The Hall–Kier alpha value is -2.73. The quantitative estimate of drug-likeness (QED) is 0.569. The van der Waals surface area contributed by atoms with E-state index in [2.05, 4.69) is 5.32 Å². The molecule has 2 aromatic carbocycles. The summed E-state index contributed by atoms with van der Waals surface area (Å²) in [5, 5.41) is 23.1. The second-order valence-corrected chi connectivity index (χ2v) is 5.87. The van der Waals surface area contributed by atoms with Crippen LogP contribution in [0.5, 0.6) is 0 Å². The molecule has 0 aliphatic rings. The van der Waals surface area contributed by atoms with Crippen molar-refractivity contribution >= 4 is 11.6 Å². The van der Waals surface area contributed by atoms with E-state index < -0.39 is 4.92 Å². The van der Waals surface area contributed by atoms with Crippen molar-refractivity contribution in [1.82, 2.24) is 5.32 Å². The topological polar surface area (TPSA) is 92.5 Å². The van der Waals surface area contributed by atoms with Gasteiger partial charge in [-0.25, -0.2) is 0 Å². The Morgan fingerprint density at radius 1 is 1.16 bits per heavy atom. The first kappa shape index (κ1) is 18.6. The van der Waals surface area contributed by atoms with Crippen LogP contribution in [0.2, 0.25) is 0 Å². The van der Waals surface area contributed by atoms with Crippen LogP contribution in [-0.2, 0) is 0 Å². The standard InChI is InChI=1S/C19H22N2O4/c1-14-17(8-5-9-18(14)21(24)25)19(23)20-12-10-16(11-13-22)15-6-3-2-4-7-15/h2-9,16,22H,10-13H2,1H3,(H,20,23). The molecule has 6 nitrogen and oxygen atoms in total. The van der Waals surface area contributed by atoms with E-state index in [9.17, 15) is 20.0 Å². The van der Waals surface area contributed by atoms with Crippen molar-refractivity contribution < 1.29 is 14.8 Å². The van der Waals surface area contributed by atoms with Crippen LogP contribution < -0.4 is 5.32 Å². The first-order valence-electron chi connectivity index (χ1n) is 8.22. The third-order valence-corrected chi connectivity index (χ3v) is 4.27. The number of hydrogen-bond donors (Lipinski definition) is 2. The molecule has 1 atom stereocenters. The molecule has 0 aliphatic carbocycles. The highest BCUT2D eigenvalue weighted by molar-refractivity contribution is 5.96. The summed E-state index contributed by atoms with van der Waals surface area (Å²) in [6.07, 6.45) is 1.31. The first-order chi connectivity index (χ1) is 12.0. The third kappa shape index (κ3) is 4.87. The van der Waals surface area contributed by atoms with E-state index in [1.807, 2.05) is 30.3 Å². The summed E-state index contributed by atoms with van der Waals surface area (Å²) in [7, 11) is 0. The summed E-state index contributed by atoms with van der Waals surface area (Å²) in [6, 6.07) is 14.3. The summed E-state index contributed by atoms with van der Waals surface area (Å²) in [4.78, 5) is 22.8. The maximum absolute atomic E-state index is 12.3. The highest BCUT2D eigenvalue weighted by Gasteiger charge is 2.18. The second kappa shape index (κ2) is 8.94. The number of rotatable bonds is 8. The molecule has 0 saturated carbocycles. The number of aliphatic hydroxyl groups is 1. The molecule has 6 heteroatoms. The lowest BCUT2D eigenvalue weighted by Gasteiger charge is -2.17. The zero-order valence-corrected chi connectivity index (χ0v) is 14.1. The van der Waals surface area contributed by atoms with Gasteiger partial charge in [0.25, 0.3) is 11.6 Å². The van der Waals surface area contributed by atoms with Crippen LogP contribution in [0, 0.1) is 17.0 Å². The summed E-state index contributed by atoms with van der Waals surface area (Å²) >= 11 is 0. The summed E-state index contributed by atoms with van der Waals surface area (Å²) in [5.74, 6) is -0.172. The molecule has 0 aliphatic heterocycles. The van der Waals surface area contributed by atoms with Crippen LogP contribution >= 0.6 is 0 Å². The number of nitrogens with one attached hydrogen (secondary N) is 1. The van der Waals surface area contributed by atoms with Gasteiger partial charge < -0.3 is 10.4 Å². The van der Waals surface area contributed by atoms with Crippen molar-refractivity contribution in [2.45, 2.75) is 25.7 Å². The van der Waals surface area contributed by atoms with Crippen molar-refractivity contribution in [3.63, 3.8) is 0 Å². The Balaban J connectivity index is 2.00. The number of hydrogen-bond acceptors (Lipinski definition) is 4. The van der Waals surface area contributed by atoms with E-state index in [0.717, 1.165) is 5.56 Å². The van der Waals surface area contributed by atoms with Crippen molar-refractivity contribution in [2.24, 2.45) is 0 Å². The average Bonchev–Trinajstić information content (AvgIpc) is 2.61. The largest absolute Gasteiger partial charge is 0.396 e. The summed E-state index contributed by atoms with van der Waals surface area (Å²) < 4.78 is 0. The lowest BCUT2D eigenvalue weighted by atomic mass is 9.93. The molecule has 1 amide bonds. The highest BCUT2D eigenvalue weighted by atomic mass is 16.6. The molecule has 2 rings (SSSR count). The minimum absolute atomic E-state index is 0.0601. The lowest BCUT2D eigenvalue weighted by Crippen LogP contribution is -2.26. The van der Waals surface area contributed by atoms with Crippen LogP contribution in [0.25, 0.3) is 0 Å². The van der Waals surface area contributed by atoms with Gasteiger partial charge in [-0.2, -0.15) is 0 Å². The maximum Gasteiger partial charge on any atom is 0.273 e. The SMILES string of the molecule is Cc1c(C(=O)NCCC(CCO)c2ccccc2)cccc1[N+](=O)[O-]. The Morgan fingerprint density at radius 2 is 1.88 bits per heavy atom. The molecule has 0 bridgehead atoms. The molecule has 1 unspecified atom stereocenters. The minimum Gasteiger partial charge on any atom is -0.396 e. The fourth-order valence-electron chi connectivity index (χ4n) is 2.88. The van der Waals surface area contributed by atoms with Crippen LogP contribution in [0.1, 0.15) is 40.2 Å². The monoisotopic (exact) mass is 342 g/mol. The Bertz CT molecular complexity index is 731. The number of benzene rings is 2. The summed E-state index contributed by atoms with van der Waals surface area (Å²) in [6.45, 7) is 2.09. The smallest absolute Gasteiger partial charge is 0.273 e. The van der Waals surface area contributed by atoms with Gasteiger partial charge >= 0.3 is 0 Å². The maximum atomic E-state index is 12.3. The van der Waals surface area contributed by atoms with Crippen LogP contribution in [0.4, 0.5) is 5.69 Å². The van der Waals surface area contributed by atoms with E-state index in [0.29, 0.717) is 30.5 Å². The van der Waals surface area contributed by atoms with Crippen molar-refractivity contribution in [3.8, 4) is 0 Å². The Labute approximate surface area is 146 Å². The van der Waals surface area contributed by atoms with Crippen LogP contribution in [-0.4, -0.2) is 29.1 Å². The van der Waals surface area contributed by atoms with Gasteiger partial charge in [-0.1, -0.05) is 36.4 Å². The fourth-order valence-corrected chi connectivity index (χ4v) is 2.88. The van der Waals surface area contributed by atoms with Crippen molar-refractivity contribution in [3.05, 3.63) is 75.3 Å². The molecule has 0 radical (unpaired) electrons. The number of nitro benzene ring substituents is 1. The van der Waals surface area contributed by atoms with Crippen molar-refractivity contribution in [1.29, 1.82) is 0 Å². The van der Waals surface area contributed by atoms with Gasteiger partial charge in [0, 0.05) is 30.3 Å². The molecule has 0 heterocycles. The molecule has 25 heavy (non-hydrogen) atoms. The van der Waals surface area contributed by atoms with E-state index in [1.54, 1.807) is 13.0 Å². The van der Waals surface area contributed by atoms with Gasteiger partial charge in [0.05, 0.1) is 4.92 Å². The van der Waals surface area contributed by atoms with Crippen molar-refractivity contribution in [2.75, 3.05) is 13.2 Å². The zero-order valence-electron chi connectivity index (χ0n) is 14.1. The number of carbonyl (C=O) groups is 1. The fraction of sp³-hybridized carbons (Fsp3) is 0.316. The van der Waals surface area contributed by atoms with E-state index >= 15 is 0 Å². The van der Waals surface area contributed by atoms with Crippen LogP contribution in [0.3, 0.4) is 0 Å². The van der Waals surface area contributed by atoms with E-state index in [-0.39, 0.29) is 24.1 Å². The van der Waals surface area contributed by atoms with Gasteiger partial charge in [-0.05, 0) is 37.3 Å². The van der Waals surface area contributed by atoms with Gasteiger partial charge in [-0.3, -0.25) is 14.9 Å². The van der Waals surface area contributed by atoms with E-state index in [4.69, 9.17) is 0 Å². The molecular weight excluding hydrogens is 320 g/mol. The predicted molar refractivity (Wildman–Crippen MR) is 95.7 cm³/mol. The predicted octanol–water partition coefficient (Wildman–Crippen LogP) is 3.19. The normalized spacial score (nSPS) is 11.8. The number of amides is 1. The van der Waals surface area contributed by atoms with Crippen LogP contribution in [0.15, 0.2) is 48.5 Å². The Morgan fingerprint density at radius 3 is 2.52 bits per heavy atom. The average molecular weight is 342 g/mol. The minimum atomic E-state index is -0.487. The molecular formula is C19H22N2O4. The molecule has 132 valence electrons. The highest BCUT2D eigenvalue weighted by Crippen LogP contribution is 2.23. The number of aliphatic hydroxyl groups excluding tert-OH is 1. The third-order valence-electron chi connectivity index (χ3n) is 4.27. The number of nitro groups is 1. The Kier molecular flexibility index (Phi) is 6.65. The second-order valence-electron chi connectivity index (χ2n) is 5.87. The molecule has 0 spiro atoms. The number of carbonyl (C=O) groups excluding carboxylic acids is 1. The summed E-state index contributed by atoms with van der Waals surface area (Å²) in [5.41, 5.74) is 1.74. The zero-order chi connectivity index (χ0) is 18.2. The first-order valence-corrected chi connectivity index (χ1v) is 8.22. The lowest BCUT2D eigenvalue weighted by molar-refractivity contribution is -0.385. The molecule has 0 saturated heterocycles. The molecule has 0 aromatic heterocycles. The molecule has 2 N–H and O–H groups in total. The van der Waals surface area contributed by atoms with Gasteiger partial charge in [0.15, 0.2) is 0 Å². The van der Waals surface area contributed by atoms with Gasteiger partial charge in [0.1, 0.15) is 0 Å². The van der Waals surface area contributed by atoms with Gasteiger partial charge in [0.2, 0.25) is 0 Å².